The molecule has 0 spiro atoms. The predicted molar refractivity (Wildman–Crippen MR) is 82.7 cm³/mol. The summed E-state index contributed by atoms with van der Waals surface area (Å²) in [5.74, 6) is -0.166. The number of benzene rings is 1. The second-order valence-corrected chi connectivity index (χ2v) is 5.28. The largest absolute Gasteiger partial charge is 0.351 e. The summed E-state index contributed by atoms with van der Waals surface area (Å²) in [6.45, 7) is 6.94. The third kappa shape index (κ3) is 3.90. The van der Waals surface area contributed by atoms with Gasteiger partial charge in [-0.3, -0.25) is 4.79 Å². The molecule has 0 aliphatic carbocycles. The molecule has 0 bridgehead atoms. The molecule has 1 amide bonds. The van der Waals surface area contributed by atoms with Gasteiger partial charge in [-0.25, -0.2) is 4.68 Å². The van der Waals surface area contributed by atoms with Crippen LogP contribution in [0.15, 0.2) is 24.4 Å². The summed E-state index contributed by atoms with van der Waals surface area (Å²) in [6.07, 6.45) is 4.92. The van der Waals surface area contributed by atoms with Crippen molar-refractivity contribution in [3.63, 3.8) is 0 Å². The molecule has 21 heavy (non-hydrogen) atoms. The lowest BCUT2D eigenvalue weighted by Crippen LogP contribution is -2.24. The number of carbonyl (C=O) groups excluding carboxylic acids is 1. The number of amides is 1. The quantitative estimate of drug-likeness (QED) is 0.831. The van der Waals surface area contributed by atoms with E-state index in [-0.39, 0.29) is 5.91 Å². The van der Waals surface area contributed by atoms with Crippen molar-refractivity contribution in [3.8, 4) is 5.69 Å². The SMILES string of the molecule is CCCCCNC(=O)c1cn(-c2ccc(C)c(C)c2)nn1. The van der Waals surface area contributed by atoms with Crippen LogP contribution in [0.1, 0.15) is 47.8 Å². The first-order valence-electron chi connectivity index (χ1n) is 7.40. The van der Waals surface area contributed by atoms with Crippen LogP contribution in [0.4, 0.5) is 0 Å². The summed E-state index contributed by atoms with van der Waals surface area (Å²) in [4.78, 5) is 11.9. The van der Waals surface area contributed by atoms with Gasteiger partial charge in [-0.2, -0.15) is 0 Å². The van der Waals surface area contributed by atoms with Crippen molar-refractivity contribution in [3.05, 3.63) is 41.2 Å². The lowest BCUT2D eigenvalue weighted by Gasteiger charge is -2.04. The Balaban J connectivity index is 2.03. The van der Waals surface area contributed by atoms with Crippen molar-refractivity contribution >= 4 is 5.91 Å². The van der Waals surface area contributed by atoms with Crippen molar-refractivity contribution in [1.29, 1.82) is 0 Å². The van der Waals surface area contributed by atoms with Gasteiger partial charge < -0.3 is 5.32 Å². The van der Waals surface area contributed by atoms with E-state index in [4.69, 9.17) is 0 Å². The Morgan fingerprint density at radius 3 is 2.76 bits per heavy atom. The Morgan fingerprint density at radius 2 is 2.05 bits per heavy atom. The Morgan fingerprint density at radius 1 is 1.24 bits per heavy atom. The van der Waals surface area contributed by atoms with Crippen LogP contribution in [0.3, 0.4) is 0 Å². The van der Waals surface area contributed by atoms with Crippen LogP contribution in [0.2, 0.25) is 0 Å². The molecule has 2 aromatic rings. The van der Waals surface area contributed by atoms with Gasteiger partial charge in [0.15, 0.2) is 5.69 Å². The number of aryl methyl sites for hydroxylation is 2. The fraction of sp³-hybridized carbons (Fsp3) is 0.438. The molecule has 1 aromatic heterocycles. The average Bonchev–Trinajstić information content (AvgIpc) is 2.96. The number of hydrogen-bond donors (Lipinski definition) is 1. The first-order chi connectivity index (χ1) is 10.1. The number of rotatable bonds is 6. The van der Waals surface area contributed by atoms with Gasteiger partial charge in [-0.05, 0) is 43.5 Å². The maximum atomic E-state index is 11.9. The number of nitrogens with one attached hydrogen (secondary N) is 1. The maximum absolute atomic E-state index is 11.9. The molecular weight excluding hydrogens is 264 g/mol. The van der Waals surface area contributed by atoms with E-state index in [0.29, 0.717) is 12.2 Å². The lowest BCUT2D eigenvalue weighted by molar-refractivity contribution is 0.0948. The number of hydrogen-bond acceptors (Lipinski definition) is 3. The first kappa shape index (κ1) is 15.2. The lowest BCUT2D eigenvalue weighted by atomic mass is 10.1. The highest BCUT2D eigenvalue weighted by Gasteiger charge is 2.11. The highest BCUT2D eigenvalue weighted by Crippen LogP contribution is 2.13. The minimum absolute atomic E-state index is 0.166. The van der Waals surface area contributed by atoms with E-state index >= 15 is 0 Å². The molecule has 1 aromatic carbocycles. The van der Waals surface area contributed by atoms with Gasteiger partial charge in [0.1, 0.15) is 0 Å². The second kappa shape index (κ2) is 7.02. The van der Waals surface area contributed by atoms with E-state index < -0.39 is 0 Å². The molecule has 5 nitrogen and oxygen atoms in total. The zero-order valence-electron chi connectivity index (χ0n) is 12.9. The van der Waals surface area contributed by atoms with Gasteiger partial charge in [-0.15, -0.1) is 5.10 Å². The van der Waals surface area contributed by atoms with Crippen LogP contribution < -0.4 is 5.32 Å². The number of nitrogens with zero attached hydrogens (tertiary/aromatic N) is 3. The molecule has 0 aliphatic heterocycles. The van der Waals surface area contributed by atoms with Crippen LogP contribution >= 0.6 is 0 Å². The predicted octanol–water partition coefficient (Wildman–Crippen LogP) is 2.80. The Kier molecular flexibility index (Phi) is 5.09. The van der Waals surface area contributed by atoms with Crippen LogP contribution in [0, 0.1) is 13.8 Å². The van der Waals surface area contributed by atoms with Gasteiger partial charge in [0.25, 0.3) is 5.91 Å². The minimum Gasteiger partial charge on any atom is -0.351 e. The number of aromatic nitrogens is 3. The molecule has 5 heteroatoms. The van der Waals surface area contributed by atoms with Gasteiger partial charge in [0.2, 0.25) is 0 Å². The minimum atomic E-state index is -0.166. The van der Waals surface area contributed by atoms with E-state index in [1.165, 1.54) is 11.1 Å². The van der Waals surface area contributed by atoms with Crippen molar-refractivity contribution in [2.24, 2.45) is 0 Å². The molecule has 112 valence electrons. The molecule has 0 unspecified atom stereocenters. The van der Waals surface area contributed by atoms with E-state index in [9.17, 15) is 4.79 Å². The molecule has 0 saturated heterocycles. The van der Waals surface area contributed by atoms with Crippen LogP contribution in [0.25, 0.3) is 5.69 Å². The normalized spacial score (nSPS) is 10.6. The molecule has 0 radical (unpaired) electrons. The summed E-state index contributed by atoms with van der Waals surface area (Å²) in [7, 11) is 0. The summed E-state index contributed by atoms with van der Waals surface area (Å²) < 4.78 is 1.63. The molecule has 1 N–H and O–H groups in total. The van der Waals surface area contributed by atoms with Crippen molar-refractivity contribution < 1.29 is 4.79 Å². The summed E-state index contributed by atoms with van der Waals surface area (Å²) in [5, 5.41) is 10.8. The van der Waals surface area contributed by atoms with Gasteiger partial charge >= 0.3 is 0 Å². The standard InChI is InChI=1S/C16H22N4O/c1-4-5-6-9-17-16(21)15-11-20(19-18-15)14-8-7-12(2)13(3)10-14/h7-8,10-11H,4-6,9H2,1-3H3,(H,17,21). The fourth-order valence-corrected chi connectivity index (χ4v) is 2.03. The first-order valence-corrected chi connectivity index (χ1v) is 7.40. The molecule has 0 aliphatic rings. The van der Waals surface area contributed by atoms with E-state index in [2.05, 4.69) is 36.4 Å². The molecule has 1 heterocycles. The maximum Gasteiger partial charge on any atom is 0.273 e. The third-order valence-corrected chi connectivity index (χ3v) is 3.55. The van der Waals surface area contributed by atoms with Crippen LogP contribution in [0.5, 0.6) is 0 Å². The smallest absolute Gasteiger partial charge is 0.273 e. The van der Waals surface area contributed by atoms with E-state index in [1.54, 1.807) is 10.9 Å². The van der Waals surface area contributed by atoms with Gasteiger partial charge in [-0.1, -0.05) is 31.0 Å². The van der Waals surface area contributed by atoms with Gasteiger partial charge in [0, 0.05) is 6.54 Å². The van der Waals surface area contributed by atoms with Crippen LogP contribution in [-0.4, -0.2) is 27.4 Å². The molecule has 0 fully saturated rings. The number of unbranched alkanes of at least 4 members (excludes halogenated alkanes) is 2. The Bertz CT molecular complexity index is 618. The zero-order valence-corrected chi connectivity index (χ0v) is 12.9. The number of carbonyl (C=O) groups is 1. The van der Waals surface area contributed by atoms with Crippen molar-refractivity contribution in [2.45, 2.75) is 40.0 Å². The average molecular weight is 286 g/mol. The van der Waals surface area contributed by atoms with E-state index in [0.717, 1.165) is 24.9 Å². The summed E-state index contributed by atoms with van der Waals surface area (Å²) >= 11 is 0. The molecular formula is C16H22N4O. The highest BCUT2D eigenvalue weighted by molar-refractivity contribution is 5.91. The molecule has 0 saturated carbocycles. The monoisotopic (exact) mass is 286 g/mol. The second-order valence-electron chi connectivity index (χ2n) is 5.28. The highest BCUT2D eigenvalue weighted by atomic mass is 16.2. The Hall–Kier alpha value is -2.17. The van der Waals surface area contributed by atoms with Crippen molar-refractivity contribution in [1.82, 2.24) is 20.3 Å². The van der Waals surface area contributed by atoms with Crippen LogP contribution in [-0.2, 0) is 0 Å². The molecule has 2 rings (SSSR count). The fourth-order valence-electron chi connectivity index (χ4n) is 2.03. The summed E-state index contributed by atoms with van der Waals surface area (Å²) in [6, 6.07) is 6.05. The third-order valence-electron chi connectivity index (χ3n) is 3.55. The van der Waals surface area contributed by atoms with E-state index in [1.807, 2.05) is 18.2 Å². The zero-order chi connectivity index (χ0) is 15.2. The summed E-state index contributed by atoms with van der Waals surface area (Å²) in [5.41, 5.74) is 3.68. The Labute approximate surface area is 125 Å². The van der Waals surface area contributed by atoms with Gasteiger partial charge in [0.05, 0.1) is 11.9 Å². The molecule has 0 atom stereocenters. The van der Waals surface area contributed by atoms with Crippen molar-refractivity contribution in [2.75, 3.05) is 6.54 Å². The topological polar surface area (TPSA) is 59.8 Å².